The van der Waals surface area contributed by atoms with E-state index in [1.54, 1.807) is 0 Å². The van der Waals surface area contributed by atoms with Gasteiger partial charge in [0.15, 0.2) is 0 Å². The van der Waals surface area contributed by atoms with Crippen LogP contribution in [0.5, 0.6) is 0 Å². The molecule has 110 valence electrons. The van der Waals surface area contributed by atoms with Crippen LogP contribution in [0.1, 0.15) is 34.8 Å². The molecule has 0 aliphatic carbocycles. The first-order valence-electron chi connectivity index (χ1n) is 7.36. The van der Waals surface area contributed by atoms with Gasteiger partial charge in [0.1, 0.15) is 0 Å². The van der Waals surface area contributed by atoms with E-state index >= 15 is 0 Å². The first-order chi connectivity index (χ1) is 10.2. The van der Waals surface area contributed by atoms with Crippen LogP contribution in [0.2, 0.25) is 0 Å². The highest BCUT2D eigenvalue weighted by Gasteiger charge is 2.05. The zero-order valence-electron chi connectivity index (χ0n) is 12.6. The molecule has 2 aromatic carbocycles. The molecule has 0 bridgehead atoms. The average molecular weight is 282 g/mol. The Hall–Kier alpha value is -2.13. The standard InChI is InChI=1S/C18H22N2O/c1-3-11-19-13-15-7-9-17(10-8-15)20-18(21)16-6-4-5-14(2)12-16/h4-10,12,19H,3,11,13H2,1-2H3,(H,20,21). The minimum absolute atomic E-state index is 0.0736. The first kappa shape index (κ1) is 15.3. The number of benzene rings is 2. The normalized spacial score (nSPS) is 10.4. The molecular formula is C18H22N2O. The summed E-state index contributed by atoms with van der Waals surface area (Å²) in [5, 5.41) is 6.28. The minimum atomic E-state index is -0.0736. The number of carbonyl (C=O) groups excluding carboxylic acids is 1. The number of rotatable bonds is 6. The summed E-state index contributed by atoms with van der Waals surface area (Å²) in [5.41, 5.74) is 3.81. The molecule has 0 fully saturated rings. The van der Waals surface area contributed by atoms with Crippen molar-refractivity contribution in [2.24, 2.45) is 0 Å². The zero-order chi connectivity index (χ0) is 15.1. The predicted molar refractivity (Wildman–Crippen MR) is 87.6 cm³/mol. The lowest BCUT2D eigenvalue weighted by Gasteiger charge is -2.08. The molecule has 0 aliphatic heterocycles. The highest BCUT2D eigenvalue weighted by atomic mass is 16.1. The molecule has 0 saturated carbocycles. The molecule has 2 aromatic rings. The summed E-state index contributed by atoms with van der Waals surface area (Å²) in [6, 6.07) is 15.5. The summed E-state index contributed by atoms with van der Waals surface area (Å²) in [5.74, 6) is -0.0736. The Balaban J connectivity index is 1.95. The van der Waals surface area contributed by atoms with Gasteiger partial charge in [-0.25, -0.2) is 0 Å². The lowest BCUT2D eigenvalue weighted by Crippen LogP contribution is -2.14. The lowest BCUT2D eigenvalue weighted by atomic mass is 10.1. The van der Waals surface area contributed by atoms with Crippen LogP contribution in [0.15, 0.2) is 48.5 Å². The fourth-order valence-corrected chi connectivity index (χ4v) is 2.10. The zero-order valence-corrected chi connectivity index (χ0v) is 12.6. The third-order valence-electron chi connectivity index (χ3n) is 3.25. The number of nitrogens with one attached hydrogen (secondary N) is 2. The Bertz CT molecular complexity index is 590. The van der Waals surface area contributed by atoms with Crippen molar-refractivity contribution in [1.29, 1.82) is 0 Å². The molecule has 0 radical (unpaired) electrons. The average Bonchev–Trinajstić information content (AvgIpc) is 2.49. The monoisotopic (exact) mass is 282 g/mol. The third-order valence-corrected chi connectivity index (χ3v) is 3.25. The summed E-state index contributed by atoms with van der Waals surface area (Å²) in [7, 11) is 0. The topological polar surface area (TPSA) is 41.1 Å². The molecule has 2 rings (SSSR count). The van der Waals surface area contributed by atoms with Crippen molar-refractivity contribution >= 4 is 11.6 Å². The molecule has 0 unspecified atom stereocenters. The van der Waals surface area contributed by atoms with Gasteiger partial charge in [0.2, 0.25) is 0 Å². The van der Waals surface area contributed by atoms with E-state index in [0.717, 1.165) is 30.8 Å². The van der Waals surface area contributed by atoms with Crippen molar-refractivity contribution in [2.45, 2.75) is 26.8 Å². The van der Waals surface area contributed by atoms with Crippen LogP contribution >= 0.6 is 0 Å². The molecule has 1 amide bonds. The Labute approximate surface area is 126 Å². The molecule has 0 aromatic heterocycles. The van der Waals surface area contributed by atoms with E-state index in [2.05, 4.69) is 17.6 Å². The van der Waals surface area contributed by atoms with Gasteiger partial charge in [-0.2, -0.15) is 0 Å². The van der Waals surface area contributed by atoms with Crippen molar-refractivity contribution in [2.75, 3.05) is 11.9 Å². The van der Waals surface area contributed by atoms with Gasteiger partial charge in [0.05, 0.1) is 0 Å². The van der Waals surface area contributed by atoms with Crippen molar-refractivity contribution < 1.29 is 4.79 Å². The maximum absolute atomic E-state index is 12.1. The molecule has 21 heavy (non-hydrogen) atoms. The van der Waals surface area contributed by atoms with Gasteiger partial charge in [-0.15, -0.1) is 0 Å². The van der Waals surface area contributed by atoms with Gasteiger partial charge in [0, 0.05) is 17.8 Å². The quantitative estimate of drug-likeness (QED) is 0.792. The van der Waals surface area contributed by atoms with E-state index in [1.165, 1.54) is 5.56 Å². The van der Waals surface area contributed by atoms with Crippen molar-refractivity contribution in [3.8, 4) is 0 Å². The van der Waals surface area contributed by atoms with E-state index < -0.39 is 0 Å². The minimum Gasteiger partial charge on any atom is -0.322 e. The highest BCUT2D eigenvalue weighted by molar-refractivity contribution is 6.04. The number of amides is 1. The molecule has 0 atom stereocenters. The second kappa shape index (κ2) is 7.60. The van der Waals surface area contributed by atoms with Crippen molar-refractivity contribution in [1.82, 2.24) is 5.32 Å². The molecule has 2 N–H and O–H groups in total. The van der Waals surface area contributed by atoms with Crippen LogP contribution in [-0.2, 0) is 6.54 Å². The molecule has 0 aliphatic rings. The summed E-state index contributed by atoms with van der Waals surface area (Å²) < 4.78 is 0. The first-order valence-corrected chi connectivity index (χ1v) is 7.36. The maximum Gasteiger partial charge on any atom is 0.255 e. The number of hydrogen-bond acceptors (Lipinski definition) is 2. The van der Waals surface area contributed by atoms with Crippen LogP contribution < -0.4 is 10.6 Å². The van der Waals surface area contributed by atoms with E-state index in [4.69, 9.17) is 0 Å². The smallest absolute Gasteiger partial charge is 0.255 e. The number of aryl methyl sites for hydroxylation is 1. The second-order valence-corrected chi connectivity index (χ2v) is 5.20. The number of carbonyl (C=O) groups is 1. The Morgan fingerprint density at radius 1 is 1.10 bits per heavy atom. The SMILES string of the molecule is CCCNCc1ccc(NC(=O)c2cccc(C)c2)cc1. The fraction of sp³-hybridized carbons (Fsp3) is 0.278. The Morgan fingerprint density at radius 3 is 2.52 bits per heavy atom. The van der Waals surface area contributed by atoms with Gasteiger partial charge in [-0.1, -0.05) is 36.8 Å². The molecule has 0 spiro atoms. The third kappa shape index (κ3) is 4.72. The number of anilines is 1. The summed E-state index contributed by atoms with van der Waals surface area (Å²) in [6.07, 6.45) is 1.13. The van der Waals surface area contributed by atoms with Crippen LogP contribution in [0, 0.1) is 6.92 Å². The van der Waals surface area contributed by atoms with Gasteiger partial charge >= 0.3 is 0 Å². The van der Waals surface area contributed by atoms with Crippen LogP contribution in [0.3, 0.4) is 0 Å². The molecule has 3 nitrogen and oxygen atoms in total. The number of hydrogen-bond donors (Lipinski definition) is 2. The Morgan fingerprint density at radius 2 is 1.86 bits per heavy atom. The fourth-order valence-electron chi connectivity index (χ4n) is 2.10. The van der Waals surface area contributed by atoms with Gasteiger partial charge in [-0.05, 0) is 49.7 Å². The lowest BCUT2D eigenvalue weighted by molar-refractivity contribution is 0.102. The van der Waals surface area contributed by atoms with Gasteiger partial charge < -0.3 is 10.6 Å². The van der Waals surface area contributed by atoms with E-state index in [-0.39, 0.29) is 5.91 Å². The molecule has 0 saturated heterocycles. The highest BCUT2D eigenvalue weighted by Crippen LogP contribution is 2.12. The van der Waals surface area contributed by atoms with Crippen molar-refractivity contribution in [3.63, 3.8) is 0 Å². The van der Waals surface area contributed by atoms with E-state index in [9.17, 15) is 4.79 Å². The Kier molecular flexibility index (Phi) is 5.52. The summed E-state index contributed by atoms with van der Waals surface area (Å²) >= 11 is 0. The van der Waals surface area contributed by atoms with Gasteiger partial charge in [0.25, 0.3) is 5.91 Å². The predicted octanol–water partition coefficient (Wildman–Crippen LogP) is 3.75. The van der Waals surface area contributed by atoms with Crippen LogP contribution in [-0.4, -0.2) is 12.5 Å². The molecule has 0 heterocycles. The summed E-state index contributed by atoms with van der Waals surface area (Å²) in [6.45, 7) is 6.01. The molecule has 3 heteroatoms. The van der Waals surface area contributed by atoms with Crippen molar-refractivity contribution in [3.05, 3.63) is 65.2 Å². The van der Waals surface area contributed by atoms with Gasteiger partial charge in [-0.3, -0.25) is 4.79 Å². The van der Waals surface area contributed by atoms with Crippen LogP contribution in [0.4, 0.5) is 5.69 Å². The second-order valence-electron chi connectivity index (χ2n) is 5.20. The van der Waals surface area contributed by atoms with E-state index in [1.807, 2.05) is 55.5 Å². The summed E-state index contributed by atoms with van der Waals surface area (Å²) in [4.78, 5) is 12.1. The van der Waals surface area contributed by atoms with E-state index in [0.29, 0.717) is 5.56 Å². The largest absolute Gasteiger partial charge is 0.322 e. The maximum atomic E-state index is 12.1. The van der Waals surface area contributed by atoms with Crippen LogP contribution in [0.25, 0.3) is 0 Å². The molecular weight excluding hydrogens is 260 g/mol.